The van der Waals surface area contributed by atoms with Gasteiger partial charge in [0, 0.05) is 6.07 Å². The summed E-state index contributed by atoms with van der Waals surface area (Å²) in [5.74, 6) is 1.68. The lowest BCUT2D eigenvalue weighted by molar-refractivity contribution is 0.241. The first-order valence-corrected chi connectivity index (χ1v) is 4.03. The lowest BCUT2D eigenvalue weighted by Crippen LogP contribution is -2.05. The van der Waals surface area contributed by atoms with E-state index in [1.807, 2.05) is 38.1 Å². The molecule has 0 saturated heterocycles. The van der Waals surface area contributed by atoms with Gasteiger partial charge in [0.05, 0.1) is 13.2 Å². The first kappa shape index (κ1) is 8.91. The Morgan fingerprint density at radius 3 is 2.42 bits per heavy atom. The van der Waals surface area contributed by atoms with Gasteiger partial charge in [-0.15, -0.1) is 0 Å². The Kier molecular flexibility index (Phi) is 2.97. The van der Waals surface area contributed by atoms with Gasteiger partial charge in [-0.3, -0.25) is 0 Å². The average molecular weight is 166 g/mol. The number of ether oxygens (including phenoxy) is 2. The highest BCUT2D eigenvalue weighted by Gasteiger charge is 1.97. The van der Waals surface area contributed by atoms with Crippen molar-refractivity contribution >= 4 is 0 Å². The van der Waals surface area contributed by atoms with E-state index in [-0.39, 0.29) is 6.10 Å². The second kappa shape index (κ2) is 4.00. The topological polar surface area (TPSA) is 18.5 Å². The Morgan fingerprint density at radius 2 is 1.83 bits per heavy atom. The monoisotopic (exact) mass is 166 g/mol. The molecule has 0 aliphatic carbocycles. The normalized spacial score (nSPS) is 10.0. The third-order valence-electron chi connectivity index (χ3n) is 1.41. The molecular formula is C10H14O2. The molecule has 12 heavy (non-hydrogen) atoms. The maximum Gasteiger partial charge on any atom is 0.123 e. The number of methoxy groups -OCH3 is 1. The highest BCUT2D eigenvalue weighted by atomic mass is 16.5. The van der Waals surface area contributed by atoms with E-state index >= 15 is 0 Å². The zero-order valence-corrected chi connectivity index (χ0v) is 7.70. The van der Waals surface area contributed by atoms with E-state index in [2.05, 4.69) is 0 Å². The van der Waals surface area contributed by atoms with Crippen LogP contribution in [0.5, 0.6) is 11.5 Å². The smallest absolute Gasteiger partial charge is 0.123 e. The van der Waals surface area contributed by atoms with Crippen LogP contribution in [0.2, 0.25) is 0 Å². The third-order valence-corrected chi connectivity index (χ3v) is 1.41. The highest BCUT2D eigenvalue weighted by molar-refractivity contribution is 5.32. The zero-order valence-electron chi connectivity index (χ0n) is 7.70. The molecule has 2 nitrogen and oxygen atoms in total. The molecule has 1 aromatic rings. The summed E-state index contributed by atoms with van der Waals surface area (Å²) in [6.07, 6.45) is 0.206. The Hall–Kier alpha value is -1.18. The summed E-state index contributed by atoms with van der Waals surface area (Å²) in [5, 5.41) is 0. The van der Waals surface area contributed by atoms with Crippen LogP contribution in [0, 0.1) is 0 Å². The van der Waals surface area contributed by atoms with Crippen molar-refractivity contribution in [1.29, 1.82) is 0 Å². The van der Waals surface area contributed by atoms with E-state index in [9.17, 15) is 0 Å². The molecule has 0 amide bonds. The molecule has 0 radical (unpaired) electrons. The number of benzene rings is 1. The first-order chi connectivity index (χ1) is 5.72. The van der Waals surface area contributed by atoms with Crippen molar-refractivity contribution in [2.45, 2.75) is 20.0 Å². The maximum absolute atomic E-state index is 5.48. The molecule has 66 valence electrons. The molecule has 0 atom stereocenters. The molecule has 0 spiro atoms. The number of hydrogen-bond donors (Lipinski definition) is 0. The van der Waals surface area contributed by atoms with Gasteiger partial charge in [-0.2, -0.15) is 0 Å². The van der Waals surface area contributed by atoms with Gasteiger partial charge in [-0.1, -0.05) is 6.07 Å². The molecule has 0 aliphatic heterocycles. The van der Waals surface area contributed by atoms with Crippen LogP contribution in [0.15, 0.2) is 24.3 Å². The second-order valence-electron chi connectivity index (χ2n) is 2.85. The van der Waals surface area contributed by atoms with Crippen LogP contribution in [0.1, 0.15) is 13.8 Å². The van der Waals surface area contributed by atoms with Gasteiger partial charge in [0.25, 0.3) is 0 Å². The maximum atomic E-state index is 5.48. The van der Waals surface area contributed by atoms with Crippen LogP contribution < -0.4 is 9.47 Å². The van der Waals surface area contributed by atoms with Crippen LogP contribution in [0.25, 0.3) is 0 Å². The fourth-order valence-electron chi connectivity index (χ4n) is 0.947. The predicted octanol–water partition coefficient (Wildman–Crippen LogP) is 2.48. The summed E-state index contributed by atoms with van der Waals surface area (Å²) in [6, 6.07) is 7.60. The summed E-state index contributed by atoms with van der Waals surface area (Å²) in [6.45, 7) is 4.00. The lowest BCUT2D eigenvalue weighted by Gasteiger charge is -2.09. The van der Waals surface area contributed by atoms with Crippen molar-refractivity contribution in [3.05, 3.63) is 24.3 Å². The lowest BCUT2D eigenvalue weighted by atomic mass is 10.3. The van der Waals surface area contributed by atoms with Crippen molar-refractivity contribution in [1.82, 2.24) is 0 Å². The van der Waals surface area contributed by atoms with Crippen molar-refractivity contribution in [3.8, 4) is 11.5 Å². The van der Waals surface area contributed by atoms with Crippen LogP contribution in [-0.4, -0.2) is 13.2 Å². The standard InChI is InChI=1S/C10H14O2/c1-8(2)12-10-6-4-5-9(7-10)11-3/h4-8H,1-3H3. The van der Waals surface area contributed by atoms with E-state index in [0.717, 1.165) is 11.5 Å². The van der Waals surface area contributed by atoms with Crippen LogP contribution in [-0.2, 0) is 0 Å². The fraction of sp³-hybridized carbons (Fsp3) is 0.400. The van der Waals surface area contributed by atoms with Crippen LogP contribution >= 0.6 is 0 Å². The molecule has 1 rings (SSSR count). The summed E-state index contributed by atoms with van der Waals surface area (Å²) in [4.78, 5) is 0. The molecule has 0 aliphatic rings. The Balaban J connectivity index is 2.72. The molecular weight excluding hydrogens is 152 g/mol. The third kappa shape index (κ3) is 2.46. The molecule has 0 heterocycles. The SMILES string of the molecule is COc1cccc(OC(C)C)c1. The molecule has 0 fully saturated rings. The van der Waals surface area contributed by atoms with Crippen molar-refractivity contribution < 1.29 is 9.47 Å². The van der Waals surface area contributed by atoms with E-state index < -0.39 is 0 Å². The molecule has 0 N–H and O–H groups in total. The molecule has 0 aromatic heterocycles. The molecule has 0 unspecified atom stereocenters. The van der Waals surface area contributed by atoms with Crippen molar-refractivity contribution in [2.75, 3.05) is 7.11 Å². The van der Waals surface area contributed by atoms with Crippen LogP contribution in [0.3, 0.4) is 0 Å². The van der Waals surface area contributed by atoms with Crippen molar-refractivity contribution in [3.63, 3.8) is 0 Å². The zero-order chi connectivity index (χ0) is 8.97. The fourth-order valence-corrected chi connectivity index (χ4v) is 0.947. The number of rotatable bonds is 3. The van der Waals surface area contributed by atoms with Gasteiger partial charge in [-0.05, 0) is 26.0 Å². The van der Waals surface area contributed by atoms with E-state index in [4.69, 9.17) is 9.47 Å². The Morgan fingerprint density at radius 1 is 1.17 bits per heavy atom. The van der Waals surface area contributed by atoms with E-state index in [1.54, 1.807) is 7.11 Å². The average Bonchev–Trinajstić information content (AvgIpc) is 2.03. The molecule has 0 bridgehead atoms. The molecule has 1 aromatic carbocycles. The second-order valence-corrected chi connectivity index (χ2v) is 2.85. The van der Waals surface area contributed by atoms with E-state index in [0.29, 0.717) is 0 Å². The predicted molar refractivity (Wildman–Crippen MR) is 48.8 cm³/mol. The summed E-state index contributed by atoms with van der Waals surface area (Å²) < 4.78 is 10.5. The minimum absolute atomic E-state index is 0.206. The highest BCUT2D eigenvalue weighted by Crippen LogP contribution is 2.19. The minimum Gasteiger partial charge on any atom is -0.497 e. The first-order valence-electron chi connectivity index (χ1n) is 4.03. The Bertz CT molecular complexity index is 243. The summed E-state index contributed by atoms with van der Waals surface area (Å²) in [7, 11) is 1.65. The van der Waals surface area contributed by atoms with Gasteiger partial charge in [0.15, 0.2) is 0 Å². The summed E-state index contributed by atoms with van der Waals surface area (Å²) in [5.41, 5.74) is 0. The van der Waals surface area contributed by atoms with Gasteiger partial charge in [-0.25, -0.2) is 0 Å². The summed E-state index contributed by atoms with van der Waals surface area (Å²) >= 11 is 0. The van der Waals surface area contributed by atoms with Crippen molar-refractivity contribution in [2.24, 2.45) is 0 Å². The molecule has 2 heteroatoms. The largest absolute Gasteiger partial charge is 0.497 e. The quantitative estimate of drug-likeness (QED) is 0.686. The molecule has 0 saturated carbocycles. The van der Waals surface area contributed by atoms with Gasteiger partial charge in [0.1, 0.15) is 11.5 Å². The number of hydrogen-bond acceptors (Lipinski definition) is 2. The van der Waals surface area contributed by atoms with Gasteiger partial charge < -0.3 is 9.47 Å². The minimum atomic E-state index is 0.206. The van der Waals surface area contributed by atoms with Crippen LogP contribution in [0.4, 0.5) is 0 Å². The van der Waals surface area contributed by atoms with Gasteiger partial charge >= 0.3 is 0 Å². The van der Waals surface area contributed by atoms with Gasteiger partial charge in [0.2, 0.25) is 0 Å². The van der Waals surface area contributed by atoms with E-state index in [1.165, 1.54) is 0 Å². The Labute approximate surface area is 73.1 Å².